The molecule has 4 unspecified atom stereocenters. The highest BCUT2D eigenvalue weighted by atomic mass is 35.5. The largest absolute Gasteiger partial charge is 0.489 e. The summed E-state index contributed by atoms with van der Waals surface area (Å²) in [5, 5.41) is 26.1. The number of benzene rings is 10. The number of carbonyl (C=O) groups is 13. The van der Waals surface area contributed by atoms with Gasteiger partial charge in [-0.1, -0.05) is 156 Å². The maximum absolute atomic E-state index is 13.2. The van der Waals surface area contributed by atoms with Gasteiger partial charge in [-0.15, -0.1) is 0 Å². The molecule has 0 aromatic heterocycles. The van der Waals surface area contributed by atoms with Gasteiger partial charge in [0.05, 0.1) is 36.2 Å². The van der Waals surface area contributed by atoms with E-state index >= 15 is 0 Å². The number of ether oxygens (including phenoxy) is 2. The fourth-order valence-corrected chi connectivity index (χ4v) is 16.4. The van der Waals surface area contributed by atoms with Crippen molar-refractivity contribution < 1.29 is 71.8 Å². The first-order chi connectivity index (χ1) is 69.6. The third kappa shape index (κ3) is 36.6. The summed E-state index contributed by atoms with van der Waals surface area (Å²) < 4.78 is 11.6. The number of likely N-dealkylation sites (tertiary alicyclic amines) is 4. The lowest BCUT2D eigenvalue weighted by Crippen LogP contribution is -2.49. The lowest BCUT2D eigenvalue weighted by molar-refractivity contribution is -0.137. The van der Waals surface area contributed by atoms with Crippen LogP contribution < -0.4 is 80.3 Å². The molecule has 4 aliphatic heterocycles. The molecular formula is C110H123Cl2N17O15. The lowest BCUT2D eigenvalue weighted by atomic mass is 10.1. The van der Waals surface area contributed by atoms with Crippen molar-refractivity contribution in [2.75, 3.05) is 78.9 Å². The van der Waals surface area contributed by atoms with Gasteiger partial charge in [0.1, 0.15) is 48.0 Å². The molecule has 0 bridgehead atoms. The summed E-state index contributed by atoms with van der Waals surface area (Å²) in [5.74, 6) is -1.97. The van der Waals surface area contributed by atoms with Gasteiger partial charge in [-0.05, 0) is 262 Å². The third-order valence-corrected chi connectivity index (χ3v) is 24.1. The van der Waals surface area contributed by atoms with Gasteiger partial charge in [-0.25, -0.2) is 0 Å². The number of anilines is 5. The average Bonchev–Trinajstić information content (AvgIpc) is 1.34. The number of nitrogens with two attached hydrogens (primary N) is 4. The molecule has 4 aliphatic rings. The third-order valence-electron chi connectivity index (χ3n) is 23.4. The molecule has 0 spiro atoms. The highest BCUT2D eigenvalue weighted by Crippen LogP contribution is 2.28. The molecule has 17 N–H and O–H groups in total. The molecule has 32 nitrogen and oxygen atoms in total. The van der Waals surface area contributed by atoms with Crippen LogP contribution in [0.3, 0.4) is 0 Å². The van der Waals surface area contributed by atoms with Gasteiger partial charge >= 0.3 is 0 Å². The molecule has 4 heterocycles. The van der Waals surface area contributed by atoms with E-state index in [2.05, 4.69) is 47.9 Å². The Kier molecular flexibility index (Phi) is 43.0. The molecule has 4 atom stereocenters. The minimum atomic E-state index is -0.702. The van der Waals surface area contributed by atoms with Crippen molar-refractivity contribution in [1.82, 2.24) is 40.9 Å². The molecule has 752 valence electrons. The van der Waals surface area contributed by atoms with Crippen LogP contribution >= 0.6 is 23.2 Å². The molecule has 144 heavy (non-hydrogen) atoms. The summed E-state index contributed by atoms with van der Waals surface area (Å²) in [6, 6.07) is 69.9. The molecule has 10 aromatic carbocycles. The molecule has 0 aliphatic carbocycles. The van der Waals surface area contributed by atoms with Crippen LogP contribution in [-0.2, 0) is 90.3 Å². The van der Waals surface area contributed by atoms with Gasteiger partial charge in [0.25, 0.3) is 5.91 Å². The summed E-state index contributed by atoms with van der Waals surface area (Å²) in [5.41, 5.74) is 34.3. The predicted octanol–water partition coefficient (Wildman–Crippen LogP) is 13.7. The second-order valence-electron chi connectivity index (χ2n) is 34.8. The van der Waals surface area contributed by atoms with Crippen molar-refractivity contribution in [2.24, 2.45) is 22.9 Å². The zero-order valence-corrected chi connectivity index (χ0v) is 82.0. The first kappa shape index (κ1) is 109. The van der Waals surface area contributed by atoms with E-state index in [1.807, 2.05) is 134 Å². The highest BCUT2D eigenvalue weighted by molar-refractivity contribution is 6.42. The van der Waals surface area contributed by atoms with Crippen molar-refractivity contribution in [1.29, 1.82) is 0 Å². The topological polar surface area (TPSA) is 466 Å². The van der Waals surface area contributed by atoms with E-state index in [0.29, 0.717) is 146 Å². The quantitative estimate of drug-likeness (QED) is 0.0170. The van der Waals surface area contributed by atoms with Crippen LogP contribution in [0.2, 0.25) is 10.0 Å². The summed E-state index contributed by atoms with van der Waals surface area (Å²) in [4.78, 5) is 170. The van der Waals surface area contributed by atoms with Gasteiger partial charge in [0.15, 0.2) is 0 Å². The molecule has 4 fully saturated rings. The van der Waals surface area contributed by atoms with Crippen LogP contribution in [0.4, 0.5) is 28.4 Å². The first-order valence-corrected chi connectivity index (χ1v) is 48.6. The van der Waals surface area contributed by atoms with Crippen molar-refractivity contribution >= 4 is 147 Å². The van der Waals surface area contributed by atoms with Crippen LogP contribution in [-0.4, -0.2) is 173 Å². The van der Waals surface area contributed by atoms with Gasteiger partial charge in [-0.2, -0.15) is 0 Å². The number of para-hydroxylation sites is 1. The van der Waals surface area contributed by atoms with Crippen molar-refractivity contribution in [3.05, 3.63) is 327 Å². The van der Waals surface area contributed by atoms with Crippen molar-refractivity contribution in [3.8, 4) is 17.2 Å². The van der Waals surface area contributed by atoms with Crippen molar-refractivity contribution in [3.63, 3.8) is 0 Å². The zero-order valence-electron chi connectivity index (χ0n) is 80.5. The fraction of sp³-hybridized carbons (Fsp3) is 0.282. The number of nitrogens with one attached hydrogen (secondary N) is 9. The average molecular weight is 1990 g/mol. The minimum Gasteiger partial charge on any atom is -0.489 e. The smallest absolute Gasteiger partial charge is 0.252 e. The summed E-state index contributed by atoms with van der Waals surface area (Å²) >= 11 is 12.0. The van der Waals surface area contributed by atoms with E-state index in [9.17, 15) is 62.3 Å². The Balaban J connectivity index is 0.000000184. The van der Waals surface area contributed by atoms with E-state index in [1.54, 1.807) is 133 Å². The maximum Gasteiger partial charge on any atom is 0.252 e. The standard InChI is InChI=1S/C31H32Cl2N4O4.C28H30N4O4.C26H31N5O4.C25H30N4O3/c32-26-13-9-23(17-27(26)33)20-41-25-11-7-21(8-12-25)10-14-29(38)36-28-6-1-2-15-37(31(28)40)19-30(39)35-24-5-3-4-22(16-24)18-34;29-18-20-8-6-10-22(16-20)30-26(33)19-32-15-5-4-14-25(28(32)35)31-27(34)21-9-7-13-24(17-21)36-23-11-2-1-3-12-23;1-18(32)28-21-11-8-19(9-12-21)10-13-24(33)30-23-7-2-3-14-31(26(23)35)17-25(34)29-22-6-4-5-20(15-22)16-27;1-18-6-4-7-19(14-18)11-12-23(30)28-22-10-2-3-13-29(25(22)32)17-24(31)27-21-9-5-8-20(15-21)16-26/h3-5,7-14,16-17,28H,1-2,6,15,18-20,34H2,(H,35,39)(H,36,38);1-3,6-13,16-17,25H,4-5,14-15,18-19,29H2,(H,30,33)(H,31,34);4-6,8-13,15,23H,2-3,7,14,16-17,27H2,1H3,(H,28,32)(H,29,34)(H,30,33);4-9,11-12,14-15,22H,2-3,10,13,16-17,26H2,1H3,(H,27,31)(H,28,30)/b14-10+;;13-10+;12-11+. The predicted molar refractivity (Wildman–Crippen MR) is 560 cm³/mol. The Morgan fingerprint density at radius 1 is 0.340 bits per heavy atom. The second-order valence-corrected chi connectivity index (χ2v) is 35.6. The van der Waals surface area contributed by atoms with Gasteiger partial charge in [-0.3, -0.25) is 62.3 Å². The molecule has 10 aromatic rings. The van der Waals surface area contributed by atoms with Crippen LogP contribution in [0.15, 0.2) is 261 Å². The van der Waals surface area contributed by atoms with Crippen LogP contribution in [0.1, 0.15) is 144 Å². The molecule has 4 saturated heterocycles. The Hall–Kier alpha value is -15.5. The summed E-state index contributed by atoms with van der Waals surface area (Å²) in [7, 11) is 0. The monoisotopic (exact) mass is 1990 g/mol. The van der Waals surface area contributed by atoms with E-state index in [4.69, 9.17) is 55.6 Å². The van der Waals surface area contributed by atoms with Crippen LogP contribution in [0, 0.1) is 6.92 Å². The molecular weight excluding hydrogens is 1870 g/mol. The number of rotatable bonds is 33. The van der Waals surface area contributed by atoms with E-state index in [-0.39, 0.29) is 103 Å². The number of hydrogen-bond donors (Lipinski definition) is 13. The second kappa shape index (κ2) is 56.9. The Morgan fingerprint density at radius 2 is 0.708 bits per heavy atom. The van der Waals surface area contributed by atoms with E-state index in [1.165, 1.54) is 44.8 Å². The number of hydrogen-bond acceptors (Lipinski definition) is 19. The maximum atomic E-state index is 13.2. The number of carbonyl (C=O) groups excluding carboxylic acids is 13. The lowest BCUT2D eigenvalue weighted by Gasteiger charge is -2.24. The number of nitrogens with zero attached hydrogens (tertiary/aromatic N) is 4. The van der Waals surface area contributed by atoms with E-state index in [0.717, 1.165) is 101 Å². The molecule has 13 amide bonds. The molecule has 34 heteroatoms. The normalized spacial score (nSPS) is 15.9. The Labute approximate surface area is 847 Å². The fourth-order valence-electron chi connectivity index (χ4n) is 16.1. The van der Waals surface area contributed by atoms with Gasteiger partial charge < -0.3 is 99.9 Å². The Bertz CT molecular complexity index is 6210. The van der Waals surface area contributed by atoms with Crippen LogP contribution in [0.5, 0.6) is 17.2 Å². The number of aryl methyl sites for hydroxylation is 1. The van der Waals surface area contributed by atoms with Gasteiger partial charge in [0.2, 0.25) is 70.9 Å². The number of amides is 13. The van der Waals surface area contributed by atoms with E-state index < -0.39 is 24.2 Å². The van der Waals surface area contributed by atoms with Crippen molar-refractivity contribution in [2.45, 2.75) is 148 Å². The Morgan fingerprint density at radius 3 is 1.09 bits per heavy atom. The van der Waals surface area contributed by atoms with Crippen LogP contribution in [0.25, 0.3) is 18.2 Å². The minimum absolute atomic E-state index is 0.0583. The summed E-state index contributed by atoms with van der Waals surface area (Å²) in [6.45, 7) is 6.78. The molecule has 0 saturated carbocycles. The SMILES string of the molecule is CC(=O)Nc1ccc(/C=C/C(=O)NC2CCCCN(CC(=O)Nc3cccc(CN)c3)C2=O)cc1.Cc1cccc(/C=C/C(=O)NC2CCCCN(CC(=O)Nc3cccc(CN)c3)C2=O)c1.NCc1cccc(NC(=O)CN2CCCCC(NC(=O)/C=C/c3ccc(OCc4ccc(Cl)c(Cl)c4)cc3)C2=O)c1.NCc1cccc(NC(=O)CN2CCCCC(NC(=O)c3cccc(Oc4ccccc4)c3)C2=O)c1. The summed E-state index contributed by atoms with van der Waals surface area (Å²) in [6.07, 6.45) is 17.5. The molecule has 14 rings (SSSR count). The first-order valence-electron chi connectivity index (χ1n) is 47.8. The van der Waals surface area contributed by atoms with Gasteiger partial charge in [0, 0.05) is 112 Å². The molecule has 0 radical (unpaired) electrons. The highest BCUT2D eigenvalue weighted by Gasteiger charge is 2.34. The number of halogens is 2. The zero-order chi connectivity index (χ0) is 103.